The Morgan fingerprint density at radius 1 is 1.18 bits per heavy atom. The van der Waals surface area contributed by atoms with Gasteiger partial charge in [0, 0.05) is 22.1 Å². The second-order valence-electron chi connectivity index (χ2n) is 6.58. The Balaban J connectivity index is 1.80. The Hall–Kier alpha value is -2.28. The number of amidine groups is 2. The number of hydrogen-bond donors (Lipinski definition) is 1. The first kappa shape index (κ1) is 19.1. The summed E-state index contributed by atoms with van der Waals surface area (Å²) in [6, 6.07) is 7.32. The van der Waals surface area contributed by atoms with E-state index in [2.05, 4.69) is 4.99 Å². The van der Waals surface area contributed by atoms with Gasteiger partial charge in [-0.2, -0.15) is 4.99 Å². The van der Waals surface area contributed by atoms with E-state index in [1.807, 2.05) is 42.9 Å². The van der Waals surface area contributed by atoms with Gasteiger partial charge in [-0.3, -0.25) is 15.1 Å². The number of fused-ring (bicyclic) bond motifs is 1. The number of thioether (sulfide) groups is 1. The minimum atomic E-state index is -0.402. The summed E-state index contributed by atoms with van der Waals surface area (Å²) < 4.78 is 2.01. The van der Waals surface area contributed by atoms with Gasteiger partial charge in [-0.05, 0) is 62.1 Å². The second kappa shape index (κ2) is 6.95. The molecular weight excluding hydrogens is 415 g/mol. The van der Waals surface area contributed by atoms with Crippen LogP contribution in [-0.4, -0.2) is 26.4 Å². The number of rotatable bonds is 2. The van der Waals surface area contributed by atoms with Gasteiger partial charge in [0.25, 0.3) is 5.91 Å². The Morgan fingerprint density at radius 3 is 2.64 bits per heavy atom. The van der Waals surface area contributed by atoms with Gasteiger partial charge >= 0.3 is 0 Å². The molecule has 1 N–H and O–H groups in total. The lowest BCUT2D eigenvalue weighted by atomic mass is 10.1. The van der Waals surface area contributed by atoms with Gasteiger partial charge in [0.2, 0.25) is 0 Å². The van der Waals surface area contributed by atoms with Crippen LogP contribution in [0.25, 0.3) is 11.8 Å². The predicted octanol–water partition coefficient (Wildman–Crippen LogP) is 5.57. The monoisotopic (exact) mass is 430 g/mol. The number of halogens is 2. The number of hydrogen-bond acceptors (Lipinski definition) is 3. The van der Waals surface area contributed by atoms with Gasteiger partial charge in [-0.1, -0.05) is 35.0 Å². The summed E-state index contributed by atoms with van der Waals surface area (Å²) in [7, 11) is 0. The van der Waals surface area contributed by atoms with Crippen molar-refractivity contribution >= 4 is 58.0 Å². The first-order valence-electron chi connectivity index (χ1n) is 8.49. The second-order valence-corrected chi connectivity index (χ2v) is 8.26. The highest BCUT2D eigenvalue weighted by molar-refractivity contribution is 8.16. The number of aromatic nitrogens is 1. The van der Waals surface area contributed by atoms with E-state index in [0.29, 0.717) is 15.2 Å². The van der Waals surface area contributed by atoms with E-state index in [9.17, 15) is 4.79 Å². The molecule has 2 aliphatic rings. The lowest BCUT2D eigenvalue weighted by molar-refractivity contribution is -0.114. The predicted molar refractivity (Wildman–Crippen MR) is 117 cm³/mol. The highest BCUT2D eigenvalue weighted by atomic mass is 35.5. The maximum Gasteiger partial charge on any atom is 0.283 e. The molecule has 142 valence electrons. The first-order chi connectivity index (χ1) is 13.3. The summed E-state index contributed by atoms with van der Waals surface area (Å²) in [5.41, 5.74) is 4.66. The maximum absolute atomic E-state index is 12.5. The summed E-state index contributed by atoms with van der Waals surface area (Å²) >= 11 is 13.8. The van der Waals surface area contributed by atoms with Crippen molar-refractivity contribution in [3.05, 3.63) is 67.9 Å². The van der Waals surface area contributed by atoms with Crippen molar-refractivity contribution in [1.82, 2.24) is 9.47 Å². The largest absolute Gasteiger partial charge is 0.316 e. The number of aliphatic imine (C=N–C) groups is 1. The minimum absolute atomic E-state index is 0.142. The molecule has 2 aliphatic heterocycles. The Kier molecular flexibility index (Phi) is 4.73. The van der Waals surface area contributed by atoms with E-state index in [4.69, 9.17) is 28.6 Å². The molecule has 5 nitrogen and oxygen atoms in total. The molecule has 1 aromatic heterocycles. The van der Waals surface area contributed by atoms with Crippen molar-refractivity contribution < 1.29 is 4.79 Å². The van der Waals surface area contributed by atoms with Gasteiger partial charge in [-0.15, -0.1) is 0 Å². The Morgan fingerprint density at radius 2 is 1.93 bits per heavy atom. The van der Waals surface area contributed by atoms with Crippen molar-refractivity contribution in [2.24, 2.45) is 4.99 Å². The highest BCUT2D eigenvalue weighted by Gasteiger charge is 2.34. The third-order valence-corrected chi connectivity index (χ3v) is 6.19. The van der Waals surface area contributed by atoms with E-state index in [-0.39, 0.29) is 11.4 Å². The lowest BCUT2D eigenvalue weighted by Crippen LogP contribution is -2.37. The van der Waals surface area contributed by atoms with Crippen molar-refractivity contribution in [2.75, 3.05) is 0 Å². The van der Waals surface area contributed by atoms with Crippen LogP contribution in [0.4, 0.5) is 0 Å². The van der Waals surface area contributed by atoms with Crippen LogP contribution in [0.5, 0.6) is 0 Å². The molecule has 4 rings (SSSR count). The molecule has 1 amide bonds. The molecule has 0 aliphatic carbocycles. The van der Waals surface area contributed by atoms with Crippen LogP contribution in [0, 0.1) is 19.3 Å². The van der Waals surface area contributed by atoms with E-state index in [0.717, 1.165) is 28.3 Å². The average molecular weight is 431 g/mol. The van der Waals surface area contributed by atoms with Crippen LogP contribution in [0.3, 0.4) is 0 Å². The van der Waals surface area contributed by atoms with Crippen LogP contribution < -0.4 is 0 Å². The van der Waals surface area contributed by atoms with Crippen molar-refractivity contribution in [3.63, 3.8) is 0 Å². The molecule has 8 heteroatoms. The highest BCUT2D eigenvalue weighted by Crippen LogP contribution is 2.33. The number of carbonyl (C=O) groups is 1. The number of nitrogens with zero attached hydrogens (tertiary/aromatic N) is 3. The molecule has 0 unspecified atom stereocenters. The summed E-state index contributed by atoms with van der Waals surface area (Å²) in [5, 5.41) is 12.0. The molecule has 28 heavy (non-hydrogen) atoms. The molecule has 0 radical (unpaired) electrons. The first-order valence-corrected chi connectivity index (χ1v) is 10.1. The summed E-state index contributed by atoms with van der Waals surface area (Å²) in [5.74, 6) is -0.260. The maximum atomic E-state index is 12.5. The zero-order chi connectivity index (χ0) is 20.2. The Bertz CT molecular complexity index is 1140. The molecule has 2 aromatic rings. The van der Waals surface area contributed by atoms with Crippen LogP contribution >= 0.6 is 35.0 Å². The number of aryl methyl sites for hydroxylation is 1. The van der Waals surface area contributed by atoms with Crippen LogP contribution in [0.15, 0.2) is 45.9 Å². The lowest BCUT2D eigenvalue weighted by Gasteiger charge is -2.25. The standard InChI is InChI=1S/C20H16Cl2N4OS/c1-10-6-13(12(3)25(10)17-5-4-14(21)8-16(17)22)7-15-18(23)26-11(2)9-28-20(26)24-19(15)27/h4-9,23H,1-3H3. The van der Waals surface area contributed by atoms with E-state index >= 15 is 0 Å². The molecule has 0 bridgehead atoms. The number of carbonyl (C=O) groups excluding carboxylic acids is 1. The molecule has 0 atom stereocenters. The smallest absolute Gasteiger partial charge is 0.283 e. The molecule has 0 fully saturated rings. The van der Waals surface area contributed by atoms with Crippen LogP contribution in [0.1, 0.15) is 23.9 Å². The molecule has 0 saturated carbocycles. The fourth-order valence-electron chi connectivity index (χ4n) is 3.36. The summed E-state index contributed by atoms with van der Waals surface area (Å²) in [6.45, 7) is 5.81. The van der Waals surface area contributed by atoms with E-state index < -0.39 is 5.91 Å². The van der Waals surface area contributed by atoms with Gasteiger partial charge in [0.05, 0.1) is 16.3 Å². The minimum Gasteiger partial charge on any atom is -0.316 e. The zero-order valence-corrected chi connectivity index (χ0v) is 17.7. The van der Waals surface area contributed by atoms with E-state index in [1.54, 1.807) is 23.1 Å². The number of nitrogens with one attached hydrogen (secondary N) is 1. The summed E-state index contributed by atoms with van der Waals surface area (Å²) in [4.78, 5) is 18.3. The molecule has 1 aromatic carbocycles. The normalized spacial score (nSPS) is 17.9. The molecule has 0 spiro atoms. The fourth-order valence-corrected chi connectivity index (χ4v) is 4.71. The topological polar surface area (TPSA) is 61.5 Å². The van der Waals surface area contributed by atoms with Crippen LogP contribution in [0.2, 0.25) is 10.0 Å². The average Bonchev–Trinajstić information content (AvgIpc) is 3.12. The van der Waals surface area contributed by atoms with Gasteiger partial charge in [0.15, 0.2) is 5.17 Å². The SMILES string of the molecule is CC1=CSC2=NC(=O)C(=Cc3cc(C)n(-c4ccc(Cl)cc4Cl)c3C)C(=N)N12. The van der Waals surface area contributed by atoms with Crippen molar-refractivity contribution in [1.29, 1.82) is 5.41 Å². The van der Waals surface area contributed by atoms with Crippen molar-refractivity contribution in [3.8, 4) is 5.69 Å². The van der Waals surface area contributed by atoms with Gasteiger partial charge in [-0.25, -0.2) is 0 Å². The van der Waals surface area contributed by atoms with Gasteiger partial charge < -0.3 is 4.57 Å². The van der Waals surface area contributed by atoms with Crippen LogP contribution in [-0.2, 0) is 4.79 Å². The molecule has 3 heterocycles. The van der Waals surface area contributed by atoms with Gasteiger partial charge in [0.1, 0.15) is 5.84 Å². The van der Waals surface area contributed by atoms with Crippen molar-refractivity contribution in [2.45, 2.75) is 20.8 Å². The fraction of sp³-hybridized carbons (Fsp3) is 0.150. The number of amides is 1. The molecule has 0 saturated heterocycles. The Labute approximate surface area is 176 Å². The van der Waals surface area contributed by atoms with E-state index in [1.165, 1.54) is 11.8 Å². The third kappa shape index (κ3) is 3.02. The third-order valence-electron chi connectivity index (χ3n) is 4.71. The zero-order valence-electron chi connectivity index (χ0n) is 15.4. The number of benzene rings is 1. The number of allylic oxidation sites excluding steroid dienone is 1. The quantitative estimate of drug-likeness (QED) is 0.633. The molecular formula is C20H16Cl2N4OS. The summed E-state index contributed by atoms with van der Waals surface area (Å²) in [6.07, 6.45) is 1.73.